The van der Waals surface area contributed by atoms with Gasteiger partial charge in [-0.3, -0.25) is 5.32 Å². The van der Waals surface area contributed by atoms with Gasteiger partial charge in [-0.1, -0.05) is 140 Å². The highest BCUT2D eigenvalue weighted by Gasteiger charge is 2.28. The Hall–Kier alpha value is -7.08. The average molecular weight is 710 g/mol. The third kappa shape index (κ3) is 5.36. The fourth-order valence-electron chi connectivity index (χ4n) is 8.25. The molecule has 0 bridgehead atoms. The van der Waals surface area contributed by atoms with Crippen LogP contribution in [0, 0.1) is 0 Å². The van der Waals surface area contributed by atoms with Crippen molar-refractivity contribution in [2.45, 2.75) is 12.2 Å². The molecule has 11 rings (SSSR count). The van der Waals surface area contributed by atoms with E-state index in [-0.39, 0.29) is 12.2 Å². The van der Waals surface area contributed by atoms with Gasteiger partial charge in [0.05, 0.1) is 11.6 Å². The van der Waals surface area contributed by atoms with Crippen molar-refractivity contribution in [3.63, 3.8) is 0 Å². The predicted octanol–water partition coefficient (Wildman–Crippen LogP) is 12.5. The van der Waals surface area contributed by atoms with Crippen LogP contribution in [0.5, 0.6) is 23.0 Å². The third-order valence-corrected chi connectivity index (χ3v) is 10.9. The Morgan fingerprint density at radius 3 is 2.02 bits per heavy atom. The molecule has 8 aromatic carbocycles. The summed E-state index contributed by atoms with van der Waals surface area (Å²) in [6.45, 7) is 0. The summed E-state index contributed by atoms with van der Waals surface area (Å²) in [7, 11) is 0. The number of nitrogens with zero attached hydrogens (tertiary/aromatic N) is 1. The van der Waals surface area contributed by atoms with E-state index in [1.165, 1.54) is 16.7 Å². The second-order valence-electron chi connectivity index (χ2n) is 14.2. The second-order valence-corrected chi connectivity index (χ2v) is 14.2. The number of para-hydroxylation sites is 1. The van der Waals surface area contributed by atoms with Crippen LogP contribution in [0.3, 0.4) is 0 Å². The number of hydrogen-bond donors (Lipinski definition) is 2. The molecular formula is C50H35N3O2. The molecule has 3 heterocycles. The van der Waals surface area contributed by atoms with Gasteiger partial charge in [0, 0.05) is 27.5 Å². The van der Waals surface area contributed by atoms with Crippen molar-refractivity contribution in [2.75, 3.05) is 0 Å². The summed E-state index contributed by atoms with van der Waals surface area (Å²) in [5.41, 5.74) is 10.1. The predicted molar refractivity (Wildman–Crippen MR) is 223 cm³/mol. The summed E-state index contributed by atoms with van der Waals surface area (Å²) in [6, 6.07) is 64.0. The molecule has 2 unspecified atom stereocenters. The van der Waals surface area contributed by atoms with E-state index in [2.05, 4.69) is 179 Å². The maximum atomic E-state index is 6.87. The van der Waals surface area contributed by atoms with Crippen LogP contribution in [0.1, 0.15) is 28.9 Å². The van der Waals surface area contributed by atoms with Crippen LogP contribution in [0.25, 0.3) is 55.1 Å². The van der Waals surface area contributed by atoms with Gasteiger partial charge in [0.2, 0.25) is 0 Å². The Bertz CT molecular complexity index is 2930. The number of aromatic nitrogens is 1. The van der Waals surface area contributed by atoms with Gasteiger partial charge in [-0.05, 0) is 81.7 Å². The van der Waals surface area contributed by atoms with E-state index in [0.717, 1.165) is 72.3 Å². The highest BCUT2D eigenvalue weighted by atomic mass is 16.6. The Morgan fingerprint density at radius 1 is 0.473 bits per heavy atom. The first-order valence-corrected chi connectivity index (χ1v) is 18.7. The van der Waals surface area contributed by atoms with Crippen LogP contribution in [0.4, 0.5) is 0 Å². The van der Waals surface area contributed by atoms with Gasteiger partial charge in [0.1, 0.15) is 11.7 Å². The van der Waals surface area contributed by atoms with Gasteiger partial charge < -0.3 is 19.4 Å². The number of nitrogens with one attached hydrogen (secondary N) is 2. The molecule has 0 spiro atoms. The molecule has 9 aromatic rings. The summed E-state index contributed by atoms with van der Waals surface area (Å²) >= 11 is 0. The van der Waals surface area contributed by atoms with Crippen molar-refractivity contribution in [1.29, 1.82) is 0 Å². The minimum absolute atomic E-state index is 0.00846. The highest BCUT2D eigenvalue weighted by Crippen LogP contribution is 2.53. The maximum absolute atomic E-state index is 6.87. The zero-order valence-corrected chi connectivity index (χ0v) is 29.8. The van der Waals surface area contributed by atoms with E-state index in [0.29, 0.717) is 5.75 Å². The molecule has 0 radical (unpaired) electrons. The van der Waals surface area contributed by atoms with Crippen molar-refractivity contribution in [1.82, 2.24) is 15.2 Å². The molecule has 262 valence electrons. The minimum atomic E-state index is -0.0344. The Labute approximate surface area is 318 Å². The van der Waals surface area contributed by atoms with E-state index < -0.39 is 0 Å². The highest BCUT2D eigenvalue weighted by molar-refractivity contribution is 6.12. The van der Waals surface area contributed by atoms with Crippen molar-refractivity contribution in [3.05, 3.63) is 205 Å². The van der Waals surface area contributed by atoms with Gasteiger partial charge in [0.25, 0.3) is 0 Å². The van der Waals surface area contributed by atoms with E-state index in [1.54, 1.807) is 0 Å². The van der Waals surface area contributed by atoms with E-state index >= 15 is 0 Å². The van der Waals surface area contributed by atoms with Crippen LogP contribution in [0.15, 0.2) is 188 Å². The topological polar surface area (TPSA) is 47.5 Å². The molecule has 55 heavy (non-hydrogen) atoms. The monoisotopic (exact) mass is 709 g/mol. The number of benzene rings is 8. The van der Waals surface area contributed by atoms with E-state index in [4.69, 9.17) is 9.47 Å². The molecule has 2 atom stereocenters. The lowest BCUT2D eigenvalue weighted by Crippen LogP contribution is -2.39. The molecular weight excluding hydrogens is 675 g/mol. The van der Waals surface area contributed by atoms with E-state index in [9.17, 15) is 0 Å². The number of ether oxygens (including phenoxy) is 2. The second kappa shape index (κ2) is 12.8. The standard InChI is InChI=1S/C50H35N3O2/c1-3-13-34(14-4-1)42-31-43(52-50(51-42)35-15-5-2-6-16-35)37-18-11-17-36(30-37)32-22-25-38(26-23-32)53-44-21-10-9-20-40(44)41-27-29-46-49(47(41)53)55-48-39-19-8-7-12-33(39)24-28-45(48)54-46/h1-31,43,50-52H. The molecule has 0 saturated carbocycles. The lowest BCUT2D eigenvalue weighted by molar-refractivity contribution is 0.366. The summed E-state index contributed by atoms with van der Waals surface area (Å²) in [5, 5.41) is 12.0. The van der Waals surface area contributed by atoms with Gasteiger partial charge in [-0.2, -0.15) is 0 Å². The normalized spacial score (nSPS) is 16.1. The first-order valence-electron chi connectivity index (χ1n) is 18.7. The zero-order chi connectivity index (χ0) is 36.3. The van der Waals surface area contributed by atoms with Gasteiger partial charge in [-0.25, -0.2) is 0 Å². The summed E-state index contributed by atoms with van der Waals surface area (Å²) in [4.78, 5) is 0. The Balaban J connectivity index is 0.979. The average Bonchev–Trinajstić information content (AvgIpc) is 3.61. The van der Waals surface area contributed by atoms with Crippen LogP contribution in [0.2, 0.25) is 0 Å². The van der Waals surface area contributed by atoms with Crippen LogP contribution in [-0.2, 0) is 0 Å². The Morgan fingerprint density at radius 2 is 1.16 bits per heavy atom. The van der Waals surface area contributed by atoms with Crippen LogP contribution in [-0.4, -0.2) is 4.57 Å². The molecule has 2 N–H and O–H groups in total. The quantitative estimate of drug-likeness (QED) is 0.187. The zero-order valence-electron chi connectivity index (χ0n) is 29.8. The minimum Gasteiger partial charge on any atom is -0.449 e. The molecule has 5 nitrogen and oxygen atoms in total. The van der Waals surface area contributed by atoms with Crippen LogP contribution >= 0.6 is 0 Å². The van der Waals surface area contributed by atoms with E-state index in [1.807, 2.05) is 24.3 Å². The fraction of sp³-hybridized carbons (Fsp3) is 0.0400. The molecule has 5 heteroatoms. The first kappa shape index (κ1) is 31.4. The molecule has 0 fully saturated rings. The lowest BCUT2D eigenvalue weighted by Gasteiger charge is -2.33. The van der Waals surface area contributed by atoms with Crippen molar-refractivity contribution in [2.24, 2.45) is 0 Å². The maximum Gasteiger partial charge on any atom is 0.194 e. The summed E-state index contributed by atoms with van der Waals surface area (Å²) < 4.78 is 15.7. The fourth-order valence-corrected chi connectivity index (χ4v) is 8.25. The third-order valence-electron chi connectivity index (χ3n) is 10.9. The van der Waals surface area contributed by atoms with Crippen molar-refractivity contribution >= 4 is 38.3 Å². The number of rotatable bonds is 5. The van der Waals surface area contributed by atoms with Crippen LogP contribution < -0.4 is 20.1 Å². The van der Waals surface area contributed by atoms with Crippen molar-refractivity contribution in [3.8, 4) is 39.8 Å². The number of fused-ring (bicyclic) bond motifs is 8. The van der Waals surface area contributed by atoms with Gasteiger partial charge in [0.15, 0.2) is 23.0 Å². The summed E-state index contributed by atoms with van der Waals surface area (Å²) in [5.74, 6) is 2.90. The lowest BCUT2D eigenvalue weighted by atomic mass is 9.95. The van der Waals surface area contributed by atoms with Gasteiger partial charge in [-0.15, -0.1) is 0 Å². The largest absolute Gasteiger partial charge is 0.449 e. The molecule has 0 amide bonds. The van der Waals surface area contributed by atoms with Gasteiger partial charge >= 0.3 is 0 Å². The smallest absolute Gasteiger partial charge is 0.194 e. The molecule has 2 aliphatic rings. The Kier molecular flexibility index (Phi) is 7.32. The summed E-state index contributed by atoms with van der Waals surface area (Å²) in [6.07, 6.45) is 2.26. The molecule has 0 saturated heterocycles. The molecule has 2 aliphatic heterocycles. The molecule has 1 aromatic heterocycles. The first-order chi connectivity index (χ1) is 27.2. The molecule has 0 aliphatic carbocycles. The number of hydrogen-bond acceptors (Lipinski definition) is 4. The van der Waals surface area contributed by atoms with Crippen molar-refractivity contribution < 1.29 is 9.47 Å². The SMILES string of the molecule is C1=C(c2ccccc2)NC(c2ccccc2)NC1c1cccc(-c2ccc(-n3c4ccccc4c4ccc5c(c43)Oc3c(ccc4ccccc34)O5)cc2)c1.